The number of nitrogens with zero attached hydrogens (tertiary/aromatic N) is 3. The summed E-state index contributed by atoms with van der Waals surface area (Å²) in [7, 11) is 0. The Bertz CT molecular complexity index is 777. The van der Waals surface area contributed by atoms with Gasteiger partial charge in [-0.15, -0.1) is 0 Å². The minimum atomic E-state index is -0.319. The van der Waals surface area contributed by atoms with Crippen LogP contribution in [0.2, 0.25) is 0 Å². The van der Waals surface area contributed by atoms with Crippen LogP contribution >= 0.6 is 0 Å². The molecule has 1 aliphatic heterocycles. The monoisotopic (exact) mass is 355 g/mol. The third-order valence-electron chi connectivity index (χ3n) is 4.89. The highest BCUT2D eigenvalue weighted by atomic mass is 19.1. The van der Waals surface area contributed by atoms with Gasteiger partial charge in [0.2, 0.25) is 0 Å². The molecule has 0 spiro atoms. The van der Waals surface area contributed by atoms with E-state index in [0.717, 1.165) is 38.6 Å². The van der Waals surface area contributed by atoms with Crippen molar-refractivity contribution in [1.82, 2.24) is 14.8 Å². The van der Waals surface area contributed by atoms with Gasteiger partial charge in [0.05, 0.1) is 11.8 Å². The highest BCUT2D eigenvalue weighted by molar-refractivity contribution is 5.94. The molecule has 2 aromatic rings. The van der Waals surface area contributed by atoms with Crippen molar-refractivity contribution in [2.24, 2.45) is 0 Å². The molecule has 0 unspecified atom stereocenters. The van der Waals surface area contributed by atoms with Crippen LogP contribution in [0.15, 0.2) is 42.7 Å². The van der Waals surface area contributed by atoms with Crippen LogP contribution < -0.4 is 4.74 Å². The fourth-order valence-electron chi connectivity index (χ4n) is 3.36. The molecule has 2 heterocycles. The smallest absolute Gasteiger partial charge is 0.255 e. The van der Waals surface area contributed by atoms with Gasteiger partial charge in [0, 0.05) is 38.4 Å². The average molecular weight is 355 g/mol. The molecule has 1 aromatic heterocycles. The summed E-state index contributed by atoms with van der Waals surface area (Å²) < 4.78 is 18.7. The van der Waals surface area contributed by atoms with Gasteiger partial charge in [-0.25, -0.2) is 4.39 Å². The lowest BCUT2D eigenvalue weighted by Crippen LogP contribution is -2.35. The largest absolute Gasteiger partial charge is 0.456 e. The van der Waals surface area contributed by atoms with Crippen LogP contribution in [0.25, 0.3) is 0 Å². The second-order valence-electron chi connectivity index (χ2n) is 6.88. The molecule has 0 atom stereocenters. The summed E-state index contributed by atoms with van der Waals surface area (Å²) in [5.41, 5.74) is 0.518. The predicted molar refractivity (Wildman–Crippen MR) is 95.8 cm³/mol. The number of pyridine rings is 1. The Kier molecular flexibility index (Phi) is 4.84. The standard InChI is InChI=1S/C20H22FN3O2/c21-16-2-6-18(7-3-16)26-19-12-15(13-22-14-19)20(25)24-9-1-8-23(10-11-24)17-4-5-17/h2-3,6-7,12-14,17H,1,4-5,8-11H2. The summed E-state index contributed by atoms with van der Waals surface area (Å²) in [6, 6.07) is 8.19. The number of halogens is 1. The van der Waals surface area contributed by atoms with E-state index < -0.39 is 0 Å². The minimum Gasteiger partial charge on any atom is -0.456 e. The zero-order chi connectivity index (χ0) is 17.9. The Morgan fingerprint density at radius 2 is 1.85 bits per heavy atom. The van der Waals surface area contributed by atoms with Crippen LogP contribution in [0.3, 0.4) is 0 Å². The van der Waals surface area contributed by atoms with Gasteiger partial charge in [-0.2, -0.15) is 0 Å². The number of aromatic nitrogens is 1. The maximum absolute atomic E-state index is 13.0. The Balaban J connectivity index is 1.43. The number of hydrogen-bond acceptors (Lipinski definition) is 4. The lowest BCUT2D eigenvalue weighted by atomic mass is 10.2. The van der Waals surface area contributed by atoms with Crippen molar-refractivity contribution in [2.75, 3.05) is 26.2 Å². The van der Waals surface area contributed by atoms with Gasteiger partial charge in [-0.05, 0) is 49.6 Å². The van der Waals surface area contributed by atoms with E-state index in [2.05, 4.69) is 9.88 Å². The van der Waals surface area contributed by atoms with E-state index in [9.17, 15) is 9.18 Å². The van der Waals surface area contributed by atoms with E-state index >= 15 is 0 Å². The number of carbonyl (C=O) groups excluding carboxylic acids is 1. The second kappa shape index (κ2) is 7.41. The van der Waals surface area contributed by atoms with Gasteiger partial charge in [0.1, 0.15) is 17.3 Å². The molecule has 2 fully saturated rings. The molecule has 5 nitrogen and oxygen atoms in total. The molecule has 6 heteroatoms. The van der Waals surface area contributed by atoms with Crippen LogP contribution in [0.5, 0.6) is 11.5 Å². The molecule has 0 N–H and O–H groups in total. The zero-order valence-electron chi connectivity index (χ0n) is 14.6. The number of carbonyl (C=O) groups is 1. The van der Waals surface area contributed by atoms with Gasteiger partial charge in [0.25, 0.3) is 5.91 Å². The summed E-state index contributed by atoms with van der Waals surface area (Å²) in [5, 5.41) is 0. The van der Waals surface area contributed by atoms with Crippen LogP contribution in [0.1, 0.15) is 29.6 Å². The Labute approximate surface area is 152 Å². The van der Waals surface area contributed by atoms with E-state index in [1.54, 1.807) is 30.6 Å². The summed E-state index contributed by atoms with van der Waals surface area (Å²) in [6.45, 7) is 3.53. The SMILES string of the molecule is O=C(c1cncc(Oc2ccc(F)cc2)c1)N1CCCN(C2CC2)CC1. The summed E-state index contributed by atoms with van der Waals surface area (Å²) in [5.74, 6) is 0.644. The Morgan fingerprint density at radius 1 is 1.04 bits per heavy atom. The van der Waals surface area contributed by atoms with Crippen molar-refractivity contribution in [3.05, 3.63) is 54.1 Å². The number of ether oxygens (including phenoxy) is 1. The van der Waals surface area contributed by atoms with E-state index in [4.69, 9.17) is 4.74 Å². The van der Waals surface area contributed by atoms with Crippen LogP contribution in [0, 0.1) is 5.82 Å². The molecular weight excluding hydrogens is 333 g/mol. The maximum Gasteiger partial charge on any atom is 0.255 e. The molecule has 0 bridgehead atoms. The maximum atomic E-state index is 13.0. The van der Waals surface area contributed by atoms with Crippen LogP contribution in [-0.4, -0.2) is 52.9 Å². The van der Waals surface area contributed by atoms with Gasteiger partial charge >= 0.3 is 0 Å². The molecule has 1 saturated heterocycles. The normalized spacial score (nSPS) is 18.4. The van der Waals surface area contributed by atoms with Crippen molar-refractivity contribution in [1.29, 1.82) is 0 Å². The van der Waals surface area contributed by atoms with Gasteiger partial charge in [-0.1, -0.05) is 0 Å². The highest BCUT2D eigenvalue weighted by Gasteiger charge is 2.31. The quantitative estimate of drug-likeness (QED) is 0.844. The van der Waals surface area contributed by atoms with Gasteiger partial charge < -0.3 is 9.64 Å². The van der Waals surface area contributed by atoms with Crippen molar-refractivity contribution >= 4 is 5.91 Å². The highest BCUT2D eigenvalue weighted by Crippen LogP contribution is 2.28. The Morgan fingerprint density at radius 3 is 2.62 bits per heavy atom. The summed E-state index contributed by atoms with van der Waals surface area (Å²) in [6.07, 6.45) is 6.71. The number of rotatable bonds is 4. The molecular formula is C20H22FN3O2. The van der Waals surface area contributed by atoms with Crippen molar-refractivity contribution < 1.29 is 13.9 Å². The first kappa shape index (κ1) is 17.0. The molecule has 0 radical (unpaired) electrons. The predicted octanol–water partition coefficient (Wildman–Crippen LogP) is 3.32. The van der Waals surface area contributed by atoms with E-state index in [1.165, 1.54) is 25.0 Å². The molecule has 1 saturated carbocycles. The lowest BCUT2D eigenvalue weighted by Gasteiger charge is -2.22. The number of amides is 1. The van der Waals surface area contributed by atoms with Crippen LogP contribution in [-0.2, 0) is 0 Å². The fourth-order valence-corrected chi connectivity index (χ4v) is 3.36. The first-order valence-corrected chi connectivity index (χ1v) is 9.11. The van der Waals surface area contributed by atoms with Gasteiger partial charge in [-0.3, -0.25) is 14.7 Å². The van der Waals surface area contributed by atoms with Crippen LogP contribution in [0.4, 0.5) is 4.39 Å². The number of benzene rings is 1. The second-order valence-corrected chi connectivity index (χ2v) is 6.88. The van der Waals surface area contributed by atoms with Crippen molar-refractivity contribution in [3.63, 3.8) is 0 Å². The Hall–Kier alpha value is -2.47. The molecule has 1 amide bonds. The first-order chi connectivity index (χ1) is 12.7. The van der Waals surface area contributed by atoms with Crippen molar-refractivity contribution in [3.8, 4) is 11.5 Å². The molecule has 1 aromatic carbocycles. The molecule has 26 heavy (non-hydrogen) atoms. The average Bonchev–Trinajstić information content (AvgIpc) is 3.49. The van der Waals surface area contributed by atoms with E-state index in [1.807, 2.05) is 4.90 Å². The topological polar surface area (TPSA) is 45.7 Å². The summed E-state index contributed by atoms with van der Waals surface area (Å²) >= 11 is 0. The van der Waals surface area contributed by atoms with Gasteiger partial charge in [0.15, 0.2) is 0 Å². The zero-order valence-corrected chi connectivity index (χ0v) is 14.6. The number of hydrogen-bond donors (Lipinski definition) is 0. The third-order valence-corrected chi connectivity index (χ3v) is 4.89. The fraction of sp³-hybridized carbons (Fsp3) is 0.400. The third kappa shape index (κ3) is 4.02. The first-order valence-electron chi connectivity index (χ1n) is 9.11. The molecule has 2 aliphatic rings. The minimum absolute atomic E-state index is 0.0142. The molecule has 1 aliphatic carbocycles. The van der Waals surface area contributed by atoms with Crippen molar-refractivity contribution in [2.45, 2.75) is 25.3 Å². The van der Waals surface area contributed by atoms with E-state index in [0.29, 0.717) is 17.1 Å². The molecule has 136 valence electrons. The molecule has 4 rings (SSSR count). The van der Waals surface area contributed by atoms with E-state index in [-0.39, 0.29) is 11.7 Å². The lowest BCUT2D eigenvalue weighted by molar-refractivity contribution is 0.0760. The summed E-state index contributed by atoms with van der Waals surface area (Å²) in [4.78, 5) is 21.4.